The van der Waals surface area contributed by atoms with E-state index in [1.165, 1.54) is 5.56 Å². The van der Waals surface area contributed by atoms with Crippen LogP contribution in [0.3, 0.4) is 0 Å². The number of aromatic nitrogens is 1. The minimum atomic E-state index is -0.218. The molecule has 122 valence electrons. The fourth-order valence-corrected chi connectivity index (χ4v) is 2.38. The molecule has 0 saturated carbocycles. The number of pyridine rings is 1. The molecule has 0 saturated heterocycles. The Morgan fingerprint density at radius 2 is 2.00 bits per heavy atom. The lowest BCUT2D eigenvalue weighted by atomic mass is 10.0. The predicted octanol–water partition coefficient (Wildman–Crippen LogP) is 2.42. The molecule has 2 aromatic rings. The summed E-state index contributed by atoms with van der Waals surface area (Å²) in [7, 11) is 3.51. The number of carbonyl (C=O) groups excluding carboxylic acids is 1. The monoisotopic (exact) mass is 313 g/mol. The molecule has 0 aliphatic rings. The topological polar surface area (TPSA) is 68.5 Å². The van der Waals surface area contributed by atoms with Gasteiger partial charge in [0, 0.05) is 24.5 Å². The Morgan fingerprint density at radius 1 is 1.30 bits per heavy atom. The van der Waals surface area contributed by atoms with Crippen molar-refractivity contribution in [2.45, 2.75) is 19.4 Å². The second-order valence-corrected chi connectivity index (χ2v) is 5.58. The number of anilines is 1. The number of nitrogen functional groups attached to an aromatic ring is 1. The van der Waals surface area contributed by atoms with Gasteiger partial charge < -0.3 is 10.5 Å². The zero-order chi connectivity index (χ0) is 16.8. The van der Waals surface area contributed by atoms with E-state index in [4.69, 9.17) is 10.5 Å². The molecule has 0 spiro atoms. The first-order chi connectivity index (χ1) is 11.0. The summed E-state index contributed by atoms with van der Waals surface area (Å²) < 4.78 is 5.12. The number of rotatable bonds is 7. The number of likely N-dealkylation sites (N-methyl/N-ethyl adjacent to an activating group) is 1. The van der Waals surface area contributed by atoms with Crippen LogP contribution in [0.25, 0.3) is 0 Å². The van der Waals surface area contributed by atoms with Crippen LogP contribution in [0.1, 0.15) is 22.8 Å². The number of ether oxygens (including phenoxy) is 1. The first-order valence-corrected chi connectivity index (χ1v) is 7.59. The minimum Gasteiger partial charge on any atom is -0.495 e. The highest BCUT2D eigenvalue weighted by molar-refractivity contribution is 6.00. The van der Waals surface area contributed by atoms with Gasteiger partial charge >= 0.3 is 0 Å². The molecule has 0 radical (unpaired) electrons. The van der Waals surface area contributed by atoms with Crippen molar-refractivity contribution in [3.63, 3.8) is 0 Å². The SMILES string of the molecule is COc1ccc(C(=O)C(C)N(C)CCc2ccncc2)cc1N. The first-order valence-electron chi connectivity index (χ1n) is 7.59. The van der Waals surface area contributed by atoms with E-state index in [0.29, 0.717) is 17.0 Å². The van der Waals surface area contributed by atoms with Gasteiger partial charge in [0.05, 0.1) is 18.8 Å². The number of carbonyl (C=O) groups is 1. The van der Waals surface area contributed by atoms with Crippen LogP contribution in [-0.2, 0) is 6.42 Å². The molecule has 2 rings (SSSR count). The maximum absolute atomic E-state index is 12.6. The molecule has 0 aliphatic carbocycles. The first kappa shape index (κ1) is 17.0. The van der Waals surface area contributed by atoms with Gasteiger partial charge in [0.25, 0.3) is 0 Å². The van der Waals surface area contributed by atoms with E-state index in [9.17, 15) is 4.79 Å². The Morgan fingerprint density at radius 3 is 2.61 bits per heavy atom. The number of nitrogens with zero attached hydrogens (tertiary/aromatic N) is 2. The standard InChI is InChI=1S/C18H23N3O2/c1-13(21(2)11-8-14-6-9-20-10-7-14)18(22)15-4-5-17(23-3)16(19)12-15/h4-7,9-10,12-13H,8,11,19H2,1-3H3. The molecule has 1 atom stereocenters. The average molecular weight is 313 g/mol. The van der Waals surface area contributed by atoms with Gasteiger partial charge in [-0.25, -0.2) is 0 Å². The molecule has 1 aromatic heterocycles. The van der Waals surface area contributed by atoms with Crippen molar-refractivity contribution in [3.8, 4) is 5.75 Å². The zero-order valence-electron chi connectivity index (χ0n) is 13.8. The summed E-state index contributed by atoms with van der Waals surface area (Å²) >= 11 is 0. The van der Waals surface area contributed by atoms with Crippen molar-refractivity contribution < 1.29 is 9.53 Å². The van der Waals surface area contributed by atoms with E-state index in [1.54, 1.807) is 37.7 Å². The van der Waals surface area contributed by atoms with Gasteiger partial charge in [-0.1, -0.05) is 0 Å². The maximum Gasteiger partial charge on any atom is 0.179 e. The third kappa shape index (κ3) is 4.29. The molecule has 1 unspecified atom stereocenters. The summed E-state index contributed by atoms with van der Waals surface area (Å²) in [4.78, 5) is 18.7. The Kier molecular flexibility index (Phi) is 5.71. The van der Waals surface area contributed by atoms with Crippen molar-refractivity contribution in [3.05, 3.63) is 53.9 Å². The Labute approximate surface area is 137 Å². The molecule has 23 heavy (non-hydrogen) atoms. The van der Waals surface area contributed by atoms with Crippen molar-refractivity contribution in [2.24, 2.45) is 0 Å². The molecule has 0 amide bonds. The molecule has 5 heteroatoms. The van der Waals surface area contributed by atoms with Crippen LogP contribution in [0.2, 0.25) is 0 Å². The third-order valence-electron chi connectivity index (χ3n) is 4.06. The lowest BCUT2D eigenvalue weighted by Gasteiger charge is -2.23. The number of ketones is 1. The summed E-state index contributed by atoms with van der Waals surface area (Å²) in [5.74, 6) is 0.636. The summed E-state index contributed by atoms with van der Waals surface area (Å²) in [5, 5.41) is 0. The fraction of sp³-hybridized carbons (Fsp3) is 0.333. The molecule has 1 heterocycles. The van der Waals surface area contributed by atoms with Crippen LogP contribution in [0.4, 0.5) is 5.69 Å². The Bertz CT molecular complexity index is 659. The predicted molar refractivity (Wildman–Crippen MR) is 91.8 cm³/mol. The summed E-state index contributed by atoms with van der Waals surface area (Å²) in [6.45, 7) is 2.71. The number of hydrogen-bond acceptors (Lipinski definition) is 5. The third-order valence-corrected chi connectivity index (χ3v) is 4.06. The largest absolute Gasteiger partial charge is 0.495 e. The summed E-state index contributed by atoms with van der Waals surface area (Å²) in [6.07, 6.45) is 4.44. The molecule has 0 aliphatic heterocycles. The number of methoxy groups -OCH3 is 1. The fourth-order valence-electron chi connectivity index (χ4n) is 2.38. The van der Waals surface area contributed by atoms with Crippen LogP contribution in [0.5, 0.6) is 5.75 Å². The van der Waals surface area contributed by atoms with Crippen LogP contribution in [0, 0.1) is 0 Å². The second kappa shape index (κ2) is 7.74. The lowest BCUT2D eigenvalue weighted by Crippen LogP contribution is -2.37. The number of Topliss-reactive ketones (excluding diaryl/α,β-unsaturated/α-hetero) is 1. The van der Waals surface area contributed by atoms with E-state index < -0.39 is 0 Å². The quantitative estimate of drug-likeness (QED) is 0.628. The molecule has 2 N–H and O–H groups in total. The van der Waals surface area contributed by atoms with E-state index in [1.807, 2.05) is 31.0 Å². The van der Waals surface area contributed by atoms with Gasteiger partial charge in [-0.05, 0) is 56.3 Å². The van der Waals surface area contributed by atoms with Crippen LogP contribution >= 0.6 is 0 Å². The molecule has 1 aromatic carbocycles. The van der Waals surface area contributed by atoms with Gasteiger partial charge in [0.15, 0.2) is 5.78 Å². The van der Waals surface area contributed by atoms with Gasteiger partial charge in [0.1, 0.15) is 5.75 Å². The maximum atomic E-state index is 12.6. The highest BCUT2D eigenvalue weighted by atomic mass is 16.5. The Balaban J connectivity index is 1.99. The molecular weight excluding hydrogens is 290 g/mol. The molecular formula is C18H23N3O2. The highest BCUT2D eigenvalue weighted by Crippen LogP contribution is 2.23. The van der Waals surface area contributed by atoms with Crippen molar-refractivity contribution in [1.29, 1.82) is 0 Å². The normalized spacial score (nSPS) is 12.2. The average Bonchev–Trinajstić information content (AvgIpc) is 2.59. The van der Waals surface area contributed by atoms with E-state index in [0.717, 1.165) is 13.0 Å². The number of benzene rings is 1. The number of hydrogen-bond donors (Lipinski definition) is 1. The van der Waals surface area contributed by atoms with Crippen LogP contribution in [0.15, 0.2) is 42.7 Å². The van der Waals surface area contributed by atoms with E-state index in [2.05, 4.69) is 4.98 Å². The Hall–Kier alpha value is -2.40. The van der Waals surface area contributed by atoms with Crippen LogP contribution < -0.4 is 10.5 Å². The summed E-state index contributed by atoms with van der Waals surface area (Å²) in [5.41, 5.74) is 8.17. The molecule has 5 nitrogen and oxygen atoms in total. The van der Waals surface area contributed by atoms with Crippen molar-refractivity contribution in [2.75, 3.05) is 26.4 Å². The minimum absolute atomic E-state index is 0.0524. The van der Waals surface area contributed by atoms with E-state index in [-0.39, 0.29) is 11.8 Å². The lowest BCUT2D eigenvalue weighted by molar-refractivity contribution is 0.0870. The van der Waals surface area contributed by atoms with Gasteiger partial charge in [-0.3, -0.25) is 14.7 Å². The van der Waals surface area contributed by atoms with E-state index >= 15 is 0 Å². The van der Waals surface area contributed by atoms with Gasteiger partial charge in [0.2, 0.25) is 0 Å². The van der Waals surface area contributed by atoms with Crippen molar-refractivity contribution in [1.82, 2.24) is 9.88 Å². The smallest absolute Gasteiger partial charge is 0.179 e. The zero-order valence-corrected chi connectivity index (χ0v) is 13.8. The highest BCUT2D eigenvalue weighted by Gasteiger charge is 2.20. The number of nitrogens with two attached hydrogens (primary N) is 1. The second-order valence-electron chi connectivity index (χ2n) is 5.58. The van der Waals surface area contributed by atoms with Crippen molar-refractivity contribution >= 4 is 11.5 Å². The molecule has 0 fully saturated rings. The van der Waals surface area contributed by atoms with Crippen LogP contribution in [-0.4, -0.2) is 42.4 Å². The summed E-state index contributed by atoms with van der Waals surface area (Å²) in [6, 6.07) is 8.92. The van der Waals surface area contributed by atoms with Gasteiger partial charge in [-0.2, -0.15) is 0 Å². The molecule has 0 bridgehead atoms. The van der Waals surface area contributed by atoms with Gasteiger partial charge in [-0.15, -0.1) is 0 Å².